The molecule has 0 spiro atoms. The van der Waals surface area contributed by atoms with Crippen molar-refractivity contribution in [1.82, 2.24) is 15.5 Å². The smallest absolute Gasteiger partial charge is 0.325 e. The van der Waals surface area contributed by atoms with E-state index in [1.54, 1.807) is 12.1 Å². The molecule has 0 aliphatic rings. The number of hydrogen-bond acceptors (Lipinski definition) is 7. The van der Waals surface area contributed by atoms with Crippen molar-refractivity contribution in [2.24, 2.45) is 0 Å². The molecule has 0 aliphatic heterocycles. The van der Waals surface area contributed by atoms with Gasteiger partial charge in [0.2, 0.25) is 11.0 Å². The molecule has 0 fully saturated rings. The average molecular weight is 377 g/mol. The molecular weight excluding hydrogens is 358 g/mol. The lowest BCUT2D eigenvalue weighted by atomic mass is 10.1. The summed E-state index contributed by atoms with van der Waals surface area (Å²) >= 11 is 2.56. The molecule has 0 atom stereocenters. The van der Waals surface area contributed by atoms with E-state index in [2.05, 4.69) is 32.7 Å². The zero-order chi connectivity index (χ0) is 18.2. The van der Waals surface area contributed by atoms with Crippen LogP contribution in [-0.2, 0) is 4.79 Å². The van der Waals surface area contributed by atoms with Gasteiger partial charge in [0, 0.05) is 12.2 Å². The lowest BCUT2D eigenvalue weighted by molar-refractivity contribution is -0.117. The van der Waals surface area contributed by atoms with Crippen LogP contribution in [0.15, 0.2) is 35.2 Å². The standard InChI is InChI=1S/C16H19N5O2S2/c1-4-8-17-15-20-21-16(25-15)24-9-13(22)19-14(23)18-12-7-5-6-10(2)11(12)3/h4-7H,1,8-9H2,2-3H3,(H,17,20)(H2,18,19,22,23). The predicted octanol–water partition coefficient (Wildman–Crippen LogP) is 3.19. The highest BCUT2D eigenvalue weighted by Gasteiger charge is 2.12. The number of aryl methyl sites for hydroxylation is 1. The van der Waals surface area contributed by atoms with Crippen LogP contribution in [0, 0.1) is 13.8 Å². The van der Waals surface area contributed by atoms with Crippen molar-refractivity contribution in [2.75, 3.05) is 22.9 Å². The molecule has 0 saturated carbocycles. The molecule has 7 nitrogen and oxygen atoms in total. The Balaban J connectivity index is 1.79. The zero-order valence-electron chi connectivity index (χ0n) is 14.0. The van der Waals surface area contributed by atoms with Crippen LogP contribution in [0.4, 0.5) is 15.6 Å². The average Bonchev–Trinajstić information content (AvgIpc) is 3.03. The van der Waals surface area contributed by atoms with Crippen molar-refractivity contribution in [2.45, 2.75) is 18.2 Å². The molecule has 0 unspecified atom stereocenters. The summed E-state index contributed by atoms with van der Waals surface area (Å²) in [7, 11) is 0. The van der Waals surface area contributed by atoms with Gasteiger partial charge >= 0.3 is 6.03 Å². The minimum absolute atomic E-state index is 0.0797. The van der Waals surface area contributed by atoms with Crippen LogP contribution < -0.4 is 16.0 Å². The molecule has 3 amide bonds. The van der Waals surface area contributed by atoms with E-state index >= 15 is 0 Å². The van der Waals surface area contributed by atoms with Crippen LogP contribution >= 0.6 is 23.1 Å². The van der Waals surface area contributed by atoms with Crippen LogP contribution in [0.2, 0.25) is 0 Å². The monoisotopic (exact) mass is 377 g/mol. The third-order valence-corrected chi connectivity index (χ3v) is 5.25. The van der Waals surface area contributed by atoms with E-state index < -0.39 is 11.9 Å². The first kappa shape index (κ1) is 18.9. The van der Waals surface area contributed by atoms with Crippen LogP contribution in [0.3, 0.4) is 0 Å². The summed E-state index contributed by atoms with van der Waals surface area (Å²) in [4.78, 5) is 23.8. The van der Waals surface area contributed by atoms with Crippen LogP contribution in [0.1, 0.15) is 11.1 Å². The van der Waals surface area contributed by atoms with Gasteiger partial charge in [-0.25, -0.2) is 4.79 Å². The largest absolute Gasteiger partial charge is 0.357 e. The second-order valence-electron chi connectivity index (χ2n) is 5.08. The maximum Gasteiger partial charge on any atom is 0.325 e. The van der Waals surface area contributed by atoms with Gasteiger partial charge in [0.15, 0.2) is 4.34 Å². The number of rotatable bonds is 7. The van der Waals surface area contributed by atoms with Crippen LogP contribution in [0.5, 0.6) is 0 Å². The lowest BCUT2D eigenvalue weighted by Crippen LogP contribution is -2.35. The Morgan fingerprint density at radius 1 is 1.32 bits per heavy atom. The van der Waals surface area contributed by atoms with Crippen molar-refractivity contribution in [3.05, 3.63) is 42.0 Å². The summed E-state index contributed by atoms with van der Waals surface area (Å²) in [5.74, 6) is -0.320. The number of amides is 3. The fourth-order valence-corrected chi connectivity index (χ4v) is 3.39. The first-order chi connectivity index (χ1) is 12.0. The summed E-state index contributed by atoms with van der Waals surface area (Å²) in [6.45, 7) is 8.07. The molecule has 132 valence electrons. The van der Waals surface area contributed by atoms with Gasteiger partial charge in [-0.1, -0.05) is 41.3 Å². The molecule has 3 N–H and O–H groups in total. The molecule has 0 radical (unpaired) electrons. The first-order valence-corrected chi connectivity index (χ1v) is 9.28. The minimum Gasteiger partial charge on any atom is -0.357 e. The highest BCUT2D eigenvalue weighted by Crippen LogP contribution is 2.25. The molecule has 1 heterocycles. The molecule has 2 rings (SSSR count). The second-order valence-corrected chi connectivity index (χ2v) is 7.28. The molecule has 0 saturated heterocycles. The Kier molecular flexibility index (Phi) is 6.96. The number of thioether (sulfide) groups is 1. The Bertz CT molecular complexity index is 776. The van der Waals surface area contributed by atoms with Crippen molar-refractivity contribution in [3.63, 3.8) is 0 Å². The van der Waals surface area contributed by atoms with Crippen molar-refractivity contribution in [1.29, 1.82) is 0 Å². The van der Waals surface area contributed by atoms with Gasteiger partial charge < -0.3 is 10.6 Å². The van der Waals surface area contributed by atoms with E-state index in [0.717, 1.165) is 11.1 Å². The third-order valence-electron chi connectivity index (χ3n) is 3.24. The number of carbonyl (C=O) groups excluding carboxylic acids is 2. The van der Waals surface area contributed by atoms with Gasteiger partial charge in [0.1, 0.15) is 0 Å². The normalized spacial score (nSPS) is 10.2. The maximum absolute atomic E-state index is 11.9. The zero-order valence-corrected chi connectivity index (χ0v) is 15.6. The van der Waals surface area contributed by atoms with Crippen molar-refractivity contribution in [3.8, 4) is 0 Å². The fourth-order valence-electron chi connectivity index (χ4n) is 1.83. The van der Waals surface area contributed by atoms with Crippen LogP contribution in [0.25, 0.3) is 0 Å². The quantitative estimate of drug-likeness (QED) is 0.507. The maximum atomic E-state index is 11.9. The van der Waals surface area contributed by atoms with Gasteiger partial charge in [-0.2, -0.15) is 0 Å². The van der Waals surface area contributed by atoms with E-state index in [1.165, 1.54) is 23.1 Å². The summed E-state index contributed by atoms with van der Waals surface area (Å²) in [6.07, 6.45) is 1.72. The highest BCUT2D eigenvalue weighted by atomic mass is 32.2. The lowest BCUT2D eigenvalue weighted by Gasteiger charge is -2.10. The van der Waals surface area contributed by atoms with Crippen molar-refractivity contribution < 1.29 is 9.59 Å². The Morgan fingerprint density at radius 3 is 2.88 bits per heavy atom. The summed E-state index contributed by atoms with van der Waals surface area (Å²) in [5, 5.41) is 16.6. The van der Waals surface area contributed by atoms with Gasteiger partial charge in [0.05, 0.1) is 5.75 Å². The summed E-state index contributed by atoms with van der Waals surface area (Å²) < 4.78 is 0.650. The number of nitrogens with zero attached hydrogens (tertiary/aromatic N) is 2. The Labute approximate surface area is 154 Å². The number of carbonyl (C=O) groups is 2. The number of urea groups is 1. The highest BCUT2D eigenvalue weighted by molar-refractivity contribution is 8.01. The number of imide groups is 1. The van der Waals surface area contributed by atoms with Crippen molar-refractivity contribution >= 4 is 45.9 Å². The van der Waals surface area contributed by atoms with E-state index in [0.29, 0.717) is 21.7 Å². The molecule has 0 aliphatic carbocycles. The summed E-state index contributed by atoms with van der Waals surface area (Å²) in [6, 6.07) is 5.05. The first-order valence-electron chi connectivity index (χ1n) is 7.47. The minimum atomic E-state index is -0.551. The number of hydrogen-bond donors (Lipinski definition) is 3. The molecule has 0 bridgehead atoms. The number of benzene rings is 1. The van der Waals surface area contributed by atoms with E-state index in [1.807, 2.05) is 26.0 Å². The molecule has 2 aromatic rings. The van der Waals surface area contributed by atoms with Gasteiger partial charge in [0.25, 0.3) is 0 Å². The van der Waals surface area contributed by atoms with E-state index in [4.69, 9.17) is 0 Å². The predicted molar refractivity (Wildman–Crippen MR) is 102 cm³/mol. The van der Waals surface area contributed by atoms with Gasteiger partial charge in [-0.05, 0) is 31.0 Å². The topological polar surface area (TPSA) is 96.0 Å². The molecule has 25 heavy (non-hydrogen) atoms. The fraction of sp³-hybridized carbons (Fsp3) is 0.250. The molecule has 9 heteroatoms. The van der Waals surface area contributed by atoms with Gasteiger partial charge in [-0.3, -0.25) is 10.1 Å². The SMILES string of the molecule is C=CCNc1nnc(SCC(=O)NC(=O)Nc2cccc(C)c2C)s1. The molecular formula is C16H19N5O2S2. The molecule has 1 aromatic carbocycles. The second kappa shape index (κ2) is 9.19. The number of anilines is 2. The number of aromatic nitrogens is 2. The Morgan fingerprint density at radius 2 is 2.12 bits per heavy atom. The Hall–Kier alpha value is -2.39. The molecule has 1 aromatic heterocycles. The van der Waals surface area contributed by atoms with Crippen LogP contribution in [-0.4, -0.2) is 34.4 Å². The van der Waals surface area contributed by atoms with E-state index in [9.17, 15) is 9.59 Å². The van der Waals surface area contributed by atoms with E-state index in [-0.39, 0.29) is 5.75 Å². The summed E-state index contributed by atoms with van der Waals surface area (Å²) in [5.41, 5.74) is 2.71. The third kappa shape index (κ3) is 5.87. The van der Waals surface area contributed by atoms with Gasteiger partial charge in [-0.15, -0.1) is 16.8 Å². The number of nitrogens with one attached hydrogen (secondary N) is 3.